The van der Waals surface area contributed by atoms with E-state index in [0.717, 1.165) is 11.3 Å². The molecule has 0 unspecified atom stereocenters. The predicted octanol–water partition coefficient (Wildman–Crippen LogP) is 3.86. The first kappa shape index (κ1) is 19.2. The van der Waals surface area contributed by atoms with Gasteiger partial charge in [0.2, 0.25) is 0 Å². The lowest BCUT2D eigenvalue weighted by atomic mass is 10.3. The quantitative estimate of drug-likeness (QED) is 0.627. The van der Waals surface area contributed by atoms with Crippen molar-refractivity contribution in [1.82, 2.24) is 4.98 Å². The van der Waals surface area contributed by atoms with Crippen molar-refractivity contribution in [3.05, 3.63) is 64.6 Å². The SMILES string of the molecule is COc1ccc(S(=O)(=O)Nc2nc(C(=O)Nc3ccc(Cl)cc3)cs2)cc1. The van der Waals surface area contributed by atoms with Crippen LogP contribution < -0.4 is 14.8 Å². The second-order valence-corrected chi connectivity index (χ2v) is 8.26. The zero-order valence-electron chi connectivity index (χ0n) is 14.0. The molecule has 0 saturated carbocycles. The van der Waals surface area contributed by atoms with Crippen LogP contribution in [0.4, 0.5) is 10.8 Å². The predicted molar refractivity (Wildman–Crippen MR) is 105 cm³/mol. The standard InChI is InChI=1S/C17H14ClN3O4S2/c1-25-13-6-8-14(9-7-13)27(23,24)21-17-20-15(10-26-17)16(22)19-12-4-2-11(18)3-5-12/h2-10H,1H3,(H,19,22)(H,20,21). The fourth-order valence-corrected chi connectivity index (χ4v) is 4.15. The van der Waals surface area contributed by atoms with Crippen molar-refractivity contribution in [2.75, 3.05) is 17.1 Å². The average Bonchev–Trinajstić information content (AvgIpc) is 3.11. The summed E-state index contributed by atoms with van der Waals surface area (Å²) in [7, 11) is -2.32. The molecule has 3 rings (SSSR count). The Kier molecular flexibility index (Phi) is 5.64. The molecule has 2 aromatic carbocycles. The summed E-state index contributed by atoms with van der Waals surface area (Å²) in [6.45, 7) is 0. The lowest BCUT2D eigenvalue weighted by Gasteiger charge is -2.06. The Morgan fingerprint density at radius 1 is 1.11 bits per heavy atom. The number of rotatable bonds is 6. The molecule has 0 fully saturated rings. The second kappa shape index (κ2) is 7.95. The molecule has 0 aliphatic rings. The Hall–Kier alpha value is -2.62. The number of aromatic nitrogens is 1. The molecule has 3 aromatic rings. The van der Waals surface area contributed by atoms with Gasteiger partial charge in [-0.3, -0.25) is 9.52 Å². The first-order chi connectivity index (χ1) is 12.9. The summed E-state index contributed by atoms with van der Waals surface area (Å²) in [5, 5.41) is 4.77. The largest absolute Gasteiger partial charge is 0.497 e. The number of amides is 1. The van der Waals surface area contributed by atoms with Crippen LogP contribution in [0.1, 0.15) is 10.5 Å². The third-order valence-electron chi connectivity index (χ3n) is 3.43. The summed E-state index contributed by atoms with van der Waals surface area (Å²) >= 11 is 6.81. The van der Waals surface area contributed by atoms with E-state index in [4.69, 9.17) is 16.3 Å². The molecule has 0 radical (unpaired) electrons. The van der Waals surface area contributed by atoms with Gasteiger partial charge in [0.1, 0.15) is 11.4 Å². The van der Waals surface area contributed by atoms with Crippen LogP contribution in [-0.4, -0.2) is 26.4 Å². The summed E-state index contributed by atoms with van der Waals surface area (Å²) in [6.07, 6.45) is 0. The van der Waals surface area contributed by atoms with Crippen LogP contribution in [0, 0.1) is 0 Å². The minimum atomic E-state index is -3.82. The number of halogens is 1. The monoisotopic (exact) mass is 423 g/mol. The van der Waals surface area contributed by atoms with Crippen LogP contribution in [-0.2, 0) is 10.0 Å². The maximum atomic E-state index is 12.4. The van der Waals surface area contributed by atoms with Crippen molar-refractivity contribution in [3.8, 4) is 5.75 Å². The van der Waals surface area contributed by atoms with Crippen LogP contribution >= 0.6 is 22.9 Å². The molecule has 10 heteroatoms. The van der Waals surface area contributed by atoms with Gasteiger partial charge in [-0.1, -0.05) is 11.6 Å². The van der Waals surface area contributed by atoms with Crippen LogP contribution in [0.3, 0.4) is 0 Å². The number of nitrogens with one attached hydrogen (secondary N) is 2. The fourth-order valence-electron chi connectivity index (χ4n) is 2.08. The molecule has 0 spiro atoms. The number of benzene rings is 2. The molecule has 0 aliphatic heterocycles. The van der Waals surface area contributed by atoms with E-state index in [1.54, 1.807) is 36.4 Å². The van der Waals surface area contributed by atoms with E-state index in [9.17, 15) is 13.2 Å². The summed E-state index contributed by atoms with van der Waals surface area (Å²) in [5.74, 6) is 0.0906. The van der Waals surface area contributed by atoms with Gasteiger partial charge >= 0.3 is 0 Å². The van der Waals surface area contributed by atoms with Crippen molar-refractivity contribution < 1.29 is 17.9 Å². The number of anilines is 2. The first-order valence-electron chi connectivity index (χ1n) is 7.57. The highest BCUT2D eigenvalue weighted by Crippen LogP contribution is 2.22. The van der Waals surface area contributed by atoms with E-state index in [0.29, 0.717) is 16.5 Å². The van der Waals surface area contributed by atoms with Crippen molar-refractivity contribution in [2.45, 2.75) is 4.90 Å². The Morgan fingerprint density at radius 3 is 2.41 bits per heavy atom. The van der Waals surface area contributed by atoms with E-state index in [1.807, 2.05) is 0 Å². The summed E-state index contributed by atoms with van der Waals surface area (Å²) in [4.78, 5) is 16.3. The molecule has 2 N–H and O–H groups in total. The number of carbonyl (C=O) groups excluding carboxylic acids is 1. The lowest BCUT2D eigenvalue weighted by Crippen LogP contribution is -2.14. The minimum absolute atomic E-state index is 0.0608. The number of carbonyl (C=O) groups is 1. The highest BCUT2D eigenvalue weighted by molar-refractivity contribution is 7.93. The van der Waals surface area contributed by atoms with Gasteiger partial charge < -0.3 is 10.1 Å². The maximum Gasteiger partial charge on any atom is 0.275 e. The Labute approximate surface area is 165 Å². The number of sulfonamides is 1. The molecule has 0 bridgehead atoms. The number of ether oxygens (including phenoxy) is 1. The molecule has 0 aliphatic carbocycles. The van der Waals surface area contributed by atoms with E-state index in [-0.39, 0.29) is 15.7 Å². The van der Waals surface area contributed by atoms with Crippen LogP contribution in [0.5, 0.6) is 5.75 Å². The maximum absolute atomic E-state index is 12.4. The third-order valence-corrected chi connectivity index (χ3v) is 5.92. The van der Waals surface area contributed by atoms with Gasteiger partial charge in [0.25, 0.3) is 15.9 Å². The smallest absolute Gasteiger partial charge is 0.275 e. The van der Waals surface area contributed by atoms with Gasteiger partial charge in [-0.25, -0.2) is 13.4 Å². The van der Waals surface area contributed by atoms with E-state index < -0.39 is 15.9 Å². The molecule has 0 saturated heterocycles. The Bertz CT molecular complexity index is 1050. The van der Waals surface area contributed by atoms with Gasteiger partial charge in [0, 0.05) is 16.1 Å². The van der Waals surface area contributed by atoms with E-state index in [1.165, 1.54) is 24.6 Å². The average molecular weight is 424 g/mol. The molecule has 1 aromatic heterocycles. The number of thiazole rings is 1. The Balaban J connectivity index is 1.70. The summed E-state index contributed by atoms with van der Waals surface area (Å²) < 4.78 is 32.2. The highest BCUT2D eigenvalue weighted by atomic mass is 35.5. The normalized spacial score (nSPS) is 11.0. The van der Waals surface area contributed by atoms with Crippen molar-refractivity contribution in [1.29, 1.82) is 0 Å². The number of nitrogens with zero attached hydrogens (tertiary/aromatic N) is 1. The van der Waals surface area contributed by atoms with Crippen molar-refractivity contribution >= 4 is 49.7 Å². The zero-order chi connectivity index (χ0) is 19.4. The van der Waals surface area contributed by atoms with E-state index >= 15 is 0 Å². The number of hydrogen-bond acceptors (Lipinski definition) is 6. The topological polar surface area (TPSA) is 97.4 Å². The first-order valence-corrected chi connectivity index (χ1v) is 10.3. The summed E-state index contributed by atoms with van der Waals surface area (Å²) in [5.41, 5.74) is 0.653. The van der Waals surface area contributed by atoms with E-state index in [2.05, 4.69) is 15.0 Å². The van der Waals surface area contributed by atoms with Gasteiger partial charge in [-0.15, -0.1) is 11.3 Å². The van der Waals surface area contributed by atoms with Gasteiger partial charge in [-0.2, -0.15) is 0 Å². The van der Waals surface area contributed by atoms with Crippen LogP contribution in [0.2, 0.25) is 5.02 Å². The second-order valence-electron chi connectivity index (χ2n) is 5.28. The highest BCUT2D eigenvalue weighted by Gasteiger charge is 2.18. The van der Waals surface area contributed by atoms with Gasteiger partial charge in [0.15, 0.2) is 5.13 Å². The molecule has 1 amide bonds. The van der Waals surface area contributed by atoms with Crippen LogP contribution in [0.25, 0.3) is 0 Å². The van der Waals surface area contributed by atoms with Crippen LogP contribution in [0.15, 0.2) is 58.8 Å². The molecule has 27 heavy (non-hydrogen) atoms. The molecular weight excluding hydrogens is 410 g/mol. The Morgan fingerprint density at radius 2 is 1.78 bits per heavy atom. The minimum Gasteiger partial charge on any atom is -0.497 e. The molecular formula is C17H14ClN3O4S2. The van der Waals surface area contributed by atoms with Gasteiger partial charge in [-0.05, 0) is 48.5 Å². The molecule has 7 nitrogen and oxygen atoms in total. The molecule has 0 atom stereocenters. The molecule has 140 valence electrons. The van der Waals surface area contributed by atoms with Crippen molar-refractivity contribution in [3.63, 3.8) is 0 Å². The zero-order valence-corrected chi connectivity index (χ0v) is 16.4. The molecule has 1 heterocycles. The number of methoxy groups -OCH3 is 1. The fraction of sp³-hybridized carbons (Fsp3) is 0.0588. The third kappa shape index (κ3) is 4.76. The van der Waals surface area contributed by atoms with Crippen molar-refractivity contribution in [2.24, 2.45) is 0 Å². The summed E-state index contributed by atoms with van der Waals surface area (Å²) in [6, 6.07) is 12.5. The lowest BCUT2D eigenvalue weighted by molar-refractivity contribution is 0.102. The number of hydrogen-bond donors (Lipinski definition) is 2. The van der Waals surface area contributed by atoms with Gasteiger partial charge in [0.05, 0.1) is 12.0 Å².